The number of hydrogen-bond acceptors (Lipinski definition) is 3. The molecule has 0 heterocycles. The number of nitrogen functional groups attached to an aromatic ring is 1. The maximum Gasteiger partial charge on any atom is 0.268 e. The Morgan fingerprint density at radius 2 is 1.77 bits per heavy atom. The van der Waals surface area contributed by atoms with Gasteiger partial charge in [0.1, 0.15) is 5.75 Å². The molecule has 0 fully saturated rings. The van der Waals surface area contributed by atoms with Crippen LogP contribution in [0.4, 0.5) is 11.4 Å². The molecular formula is C16H16Br2N2O2. The maximum absolute atomic E-state index is 12.4. The zero-order valence-corrected chi connectivity index (χ0v) is 15.4. The van der Waals surface area contributed by atoms with E-state index in [0.717, 1.165) is 8.95 Å². The quantitative estimate of drug-likeness (QED) is 0.701. The zero-order chi connectivity index (χ0) is 16.3. The van der Waals surface area contributed by atoms with Crippen molar-refractivity contribution in [1.82, 2.24) is 0 Å². The van der Waals surface area contributed by atoms with Crippen molar-refractivity contribution >= 4 is 49.1 Å². The highest BCUT2D eigenvalue weighted by atomic mass is 79.9. The molecule has 0 spiro atoms. The average molecular weight is 428 g/mol. The van der Waals surface area contributed by atoms with E-state index in [1.54, 1.807) is 44.2 Å². The Bertz CT molecular complexity index is 685. The van der Waals surface area contributed by atoms with E-state index >= 15 is 0 Å². The average Bonchev–Trinajstić information content (AvgIpc) is 2.44. The molecule has 4 nitrogen and oxygen atoms in total. The predicted molar refractivity (Wildman–Crippen MR) is 96.0 cm³/mol. The molecule has 2 rings (SSSR count). The molecule has 0 aromatic heterocycles. The Kier molecular flexibility index (Phi) is 5.13. The summed E-state index contributed by atoms with van der Waals surface area (Å²) in [5, 5.41) is 2.83. The summed E-state index contributed by atoms with van der Waals surface area (Å²) in [6, 6.07) is 12.5. The molecule has 0 unspecified atom stereocenters. The number of carbonyl (C=O) groups is 1. The predicted octanol–water partition coefficient (Wildman–Crippen LogP) is 4.59. The van der Waals surface area contributed by atoms with Crippen LogP contribution in [-0.4, -0.2) is 11.5 Å². The SMILES string of the molecule is CC(C)(Oc1ccc(Br)cc1)C(=O)Nc1ccc(N)cc1Br. The van der Waals surface area contributed by atoms with Crippen LogP contribution in [0.2, 0.25) is 0 Å². The number of nitrogens with two attached hydrogens (primary N) is 1. The largest absolute Gasteiger partial charge is 0.478 e. The van der Waals surface area contributed by atoms with Crippen LogP contribution in [0.15, 0.2) is 51.4 Å². The highest BCUT2D eigenvalue weighted by molar-refractivity contribution is 9.10. The Morgan fingerprint density at radius 1 is 1.14 bits per heavy atom. The molecule has 0 aliphatic rings. The summed E-state index contributed by atoms with van der Waals surface area (Å²) < 4.78 is 7.46. The van der Waals surface area contributed by atoms with Crippen molar-refractivity contribution < 1.29 is 9.53 Å². The van der Waals surface area contributed by atoms with Gasteiger partial charge < -0.3 is 15.8 Å². The summed E-state index contributed by atoms with van der Waals surface area (Å²) in [5.41, 5.74) is 5.93. The minimum atomic E-state index is -1.02. The first-order valence-electron chi connectivity index (χ1n) is 6.59. The fourth-order valence-electron chi connectivity index (χ4n) is 1.75. The summed E-state index contributed by atoms with van der Waals surface area (Å²) in [7, 11) is 0. The van der Waals surface area contributed by atoms with Crippen LogP contribution in [0.1, 0.15) is 13.8 Å². The van der Waals surface area contributed by atoms with Gasteiger partial charge in [0, 0.05) is 14.6 Å². The Hall–Kier alpha value is -1.53. The number of amides is 1. The van der Waals surface area contributed by atoms with Crippen molar-refractivity contribution in [3.8, 4) is 5.75 Å². The van der Waals surface area contributed by atoms with Crippen LogP contribution in [0.3, 0.4) is 0 Å². The summed E-state index contributed by atoms with van der Waals surface area (Å²) in [4.78, 5) is 12.4. The lowest BCUT2D eigenvalue weighted by atomic mass is 10.1. The van der Waals surface area contributed by atoms with Gasteiger partial charge in [-0.15, -0.1) is 0 Å². The van der Waals surface area contributed by atoms with Crippen LogP contribution < -0.4 is 15.8 Å². The molecule has 0 radical (unpaired) electrons. The molecule has 0 aliphatic heterocycles. The van der Waals surface area contributed by atoms with Crippen LogP contribution >= 0.6 is 31.9 Å². The van der Waals surface area contributed by atoms with Gasteiger partial charge in [0.15, 0.2) is 5.60 Å². The minimum Gasteiger partial charge on any atom is -0.478 e. The van der Waals surface area contributed by atoms with Crippen LogP contribution in [-0.2, 0) is 4.79 Å². The second-order valence-electron chi connectivity index (χ2n) is 5.26. The molecule has 1 amide bonds. The smallest absolute Gasteiger partial charge is 0.268 e. The first-order chi connectivity index (χ1) is 10.3. The van der Waals surface area contributed by atoms with Crippen molar-refractivity contribution in [2.75, 3.05) is 11.1 Å². The topological polar surface area (TPSA) is 64.3 Å². The fourth-order valence-corrected chi connectivity index (χ4v) is 2.51. The number of nitrogens with one attached hydrogen (secondary N) is 1. The number of rotatable bonds is 4. The minimum absolute atomic E-state index is 0.249. The van der Waals surface area contributed by atoms with Crippen LogP contribution in [0.25, 0.3) is 0 Å². The second-order valence-corrected chi connectivity index (χ2v) is 7.03. The molecule has 0 saturated heterocycles. The molecule has 2 aromatic rings. The first-order valence-corrected chi connectivity index (χ1v) is 8.17. The summed E-state index contributed by atoms with van der Waals surface area (Å²) in [6.07, 6.45) is 0. The molecule has 22 heavy (non-hydrogen) atoms. The zero-order valence-electron chi connectivity index (χ0n) is 12.2. The van der Waals surface area contributed by atoms with Gasteiger partial charge in [-0.05, 0) is 72.2 Å². The third kappa shape index (κ3) is 4.24. The lowest BCUT2D eigenvalue weighted by molar-refractivity contribution is -0.128. The van der Waals surface area contributed by atoms with Crippen molar-refractivity contribution in [1.29, 1.82) is 0 Å². The van der Waals surface area contributed by atoms with Crippen molar-refractivity contribution in [2.24, 2.45) is 0 Å². The Balaban J connectivity index is 2.11. The maximum atomic E-state index is 12.4. The fraction of sp³-hybridized carbons (Fsp3) is 0.188. The molecule has 0 bridgehead atoms. The van der Waals surface area contributed by atoms with E-state index in [4.69, 9.17) is 10.5 Å². The molecular weight excluding hydrogens is 412 g/mol. The lowest BCUT2D eigenvalue weighted by Crippen LogP contribution is -2.42. The van der Waals surface area contributed by atoms with E-state index in [-0.39, 0.29) is 5.91 Å². The highest BCUT2D eigenvalue weighted by Gasteiger charge is 2.30. The van der Waals surface area contributed by atoms with Crippen LogP contribution in [0, 0.1) is 0 Å². The van der Waals surface area contributed by atoms with E-state index in [1.165, 1.54) is 0 Å². The van der Waals surface area contributed by atoms with Gasteiger partial charge in [-0.1, -0.05) is 15.9 Å². The molecule has 0 atom stereocenters. The second kappa shape index (κ2) is 6.71. The third-order valence-electron chi connectivity index (χ3n) is 2.97. The van der Waals surface area contributed by atoms with E-state index in [9.17, 15) is 4.79 Å². The van der Waals surface area contributed by atoms with E-state index in [2.05, 4.69) is 37.2 Å². The van der Waals surface area contributed by atoms with Gasteiger partial charge >= 0.3 is 0 Å². The molecule has 0 saturated carbocycles. The third-order valence-corrected chi connectivity index (χ3v) is 4.16. The number of hydrogen-bond donors (Lipinski definition) is 2. The monoisotopic (exact) mass is 426 g/mol. The van der Waals surface area contributed by atoms with Gasteiger partial charge in [0.05, 0.1) is 5.69 Å². The van der Waals surface area contributed by atoms with Crippen molar-refractivity contribution in [2.45, 2.75) is 19.4 Å². The van der Waals surface area contributed by atoms with Gasteiger partial charge in [-0.25, -0.2) is 0 Å². The Labute approximate surface area is 146 Å². The van der Waals surface area contributed by atoms with Crippen molar-refractivity contribution in [3.63, 3.8) is 0 Å². The van der Waals surface area contributed by atoms with Gasteiger partial charge in [0.2, 0.25) is 0 Å². The summed E-state index contributed by atoms with van der Waals surface area (Å²) >= 11 is 6.74. The normalized spacial score (nSPS) is 11.1. The number of carbonyl (C=O) groups excluding carboxylic acids is 1. The van der Waals surface area contributed by atoms with Crippen LogP contribution in [0.5, 0.6) is 5.75 Å². The van der Waals surface area contributed by atoms with E-state index in [0.29, 0.717) is 17.1 Å². The first kappa shape index (κ1) is 16.8. The standard InChI is InChI=1S/C16H16Br2N2O2/c1-16(2,22-12-6-3-10(17)4-7-12)15(21)20-14-8-5-11(19)9-13(14)18/h3-9H,19H2,1-2H3,(H,20,21). The number of benzene rings is 2. The molecule has 0 aliphatic carbocycles. The number of ether oxygens (including phenoxy) is 1. The van der Waals surface area contributed by atoms with E-state index < -0.39 is 5.60 Å². The summed E-state index contributed by atoms with van der Waals surface area (Å²) in [5.74, 6) is 0.376. The summed E-state index contributed by atoms with van der Waals surface area (Å²) in [6.45, 7) is 3.44. The molecule has 2 aromatic carbocycles. The number of anilines is 2. The Morgan fingerprint density at radius 3 is 2.36 bits per heavy atom. The number of halogens is 2. The van der Waals surface area contributed by atoms with Gasteiger partial charge in [0.25, 0.3) is 5.91 Å². The van der Waals surface area contributed by atoms with E-state index in [1.807, 2.05) is 12.1 Å². The molecule has 3 N–H and O–H groups in total. The van der Waals surface area contributed by atoms with Gasteiger partial charge in [-0.3, -0.25) is 4.79 Å². The lowest BCUT2D eigenvalue weighted by Gasteiger charge is -2.25. The van der Waals surface area contributed by atoms with Crippen molar-refractivity contribution in [3.05, 3.63) is 51.4 Å². The molecule has 116 valence electrons. The van der Waals surface area contributed by atoms with Gasteiger partial charge in [-0.2, -0.15) is 0 Å². The highest BCUT2D eigenvalue weighted by Crippen LogP contribution is 2.27. The molecule has 6 heteroatoms.